The summed E-state index contributed by atoms with van der Waals surface area (Å²) in [7, 11) is 1.53. The lowest BCUT2D eigenvalue weighted by molar-refractivity contribution is -0.121. The SMILES string of the molecule is COc1ccc(NC(=O)C2CCN(CC(F)F)CC2)c(C)n1. The molecule has 7 heteroatoms. The summed E-state index contributed by atoms with van der Waals surface area (Å²) in [6.45, 7) is 2.64. The van der Waals surface area contributed by atoms with Gasteiger partial charge in [-0.1, -0.05) is 0 Å². The van der Waals surface area contributed by atoms with E-state index in [-0.39, 0.29) is 18.4 Å². The minimum atomic E-state index is -2.32. The number of pyridine rings is 1. The van der Waals surface area contributed by atoms with Crippen molar-refractivity contribution in [3.8, 4) is 5.88 Å². The van der Waals surface area contributed by atoms with Gasteiger partial charge in [-0.3, -0.25) is 9.69 Å². The van der Waals surface area contributed by atoms with Crippen LogP contribution >= 0.6 is 0 Å². The zero-order valence-electron chi connectivity index (χ0n) is 12.8. The van der Waals surface area contributed by atoms with Crippen LogP contribution in [0, 0.1) is 12.8 Å². The second-order valence-electron chi connectivity index (χ2n) is 5.44. The van der Waals surface area contributed by atoms with Crippen molar-refractivity contribution in [1.29, 1.82) is 0 Å². The molecule has 2 rings (SSSR count). The van der Waals surface area contributed by atoms with E-state index in [9.17, 15) is 13.6 Å². The smallest absolute Gasteiger partial charge is 0.251 e. The Hall–Kier alpha value is -1.76. The van der Waals surface area contributed by atoms with Crippen LogP contribution in [0.2, 0.25) is 0 Å². The maximum Gasteiger partial charge on any atom is 0.251 e. The third kappa shape index (κ3) is 4.37. The molecule has 1 amide bonds. The average Bonchev–Trinajstić information content (AvgIpc) is 2.49. The predicted molar refractivity (Wildman–Crippen MR) is 79.3 cm³/mol. The molecule has 0 radical (unpaired) electrons. The zero-order valence-corrected chi connectivity index (χ0v) is 12.8. The number of alkyl halides is 2. The molecule has 0 aromatic carbocycles. The average molecular weight is 313 g/mol. The first-order chi connectivity index (χ1) is 10.5. The molecule has 0 atom stereocenters. The lowest BCUT2D eigenvalue weighted by Gasteiger charge is -2.30. The molecule has 1 aromatic rings. The molecule has 0 spiro atoms. The number of carbonyl (C=O) groups is 1. The number of rotatable bonds is 5. The summed E-state index contributed by atoms with van der Waals surface area (Å²) in [6.07, 6.45) is -1.12. The van der Waals surface area contributed by atoms with Gasteiger partial charge in [-0.05, 0) is 38.9 Å². The third-order valence-electron chi connectivity index (χ3n) is 3.88. The van der Waals surface area contributed by atoms with Crippen molar-refractivity contribution in [2.45, 2.75) is 26.2 Å². The number of likely N-dealkylation sites (tertiary alicyclic amines) is 1. The Kier molecular flexibility index (Phi) is 5.65. The van der Waals surface area contributed by atoms with Crippen molar-refractivity contribution in [2.75, 3.05) is 32.1 Å². The number of nitrogens with zero attached hydrogens (tertiary/aromatic N) is 2. The largest absolute Gasteiger partial charge is 0.481 e. The first kappa shape index (κ1) is 16.6. The Morgan fingerprint density at radius 1 is 1.45 bits per heavy atom. The Bertz CT molecular complexity index is 518. The molecule has 1 saturated heterocycles. The van der Waals surface area contributed by atoms with Crippen LogP contribution in [0.3, 0.4) is 0 Å². The van der Waals surface area contributed by atoms with E-state index in [2.05, 4.69) is 10.3 Å². The van der Waals surface area contributed by atoms with E-state index in [1.54, 1.807) is 24.0 Å². The number of aryl methyl sites for hydroxylation is 1. The van der Waals surface area contributed by atoms with Gasteiger partial charge in [0, 0.05) is 12.0 Å². The molecule has 0 saturated carbocycles. The maximum absolute atomic E-state index is 12.3. The first-order valence-corrected chi connectivity index (χ1v) is 7.32. The normalized spacial score (nSPS) is 16.8. The van der Waals surface area contributed by atoms with E-state index in [0.29, 0.717) is 43.2 Å². The van der Waals surface area contributed by atoms with Crippen molar-refractivity contribution in [3.63, 3.8) is 0 Å². The first-order valence-electron chi connectivity index (χ1n) is 7.32. The quantitative estimate of drug-likeness (QED) is 0.906. The highest BCUT2D eigenvalue weighted by molar-refractivity contribution is 5.93. The summed E-state index contributed by atoms with van der Waals surface area (Å²) in [6, 6.07) is 3.44. The maximum atomic E-state index is 12.3. The van der Waals surface area contributed by atoms with Crippen LogP contribution in [0.4, 0.5) is 14.5 Å². The number of anilines is 1. The topological polar surface area (TPSA) is 54.5 Å². The summed E-state index contributed by atoms with van der Waals surface area (Å²) in [5.41, 5.74) is 1.34. The van der Waals surface area contributed by atoms with E-state index < -0.39 is 6.43 Å². The van der Waals surface area contributed by atoms with Crippen LogP contribution in [0.5, 0.6) is 5.88 Å². The molecular weight excluding hydrogens is 292 g/mol. The van der Waals surface area contributed by atoms with Crippen molar-refractivity contribution in [3.05, 3.63) is 17.8 Å². The Labute approximate surface area is 128 Å². The number of nitrogens with one attached hydrogen (secondary N) is 1. The van der Waals surface area contributed by atoms with Crippen LogP contribution in [0.25, 0.3) is 0 Å². The number of halogens is 2. The monoisotopic (exact) mass is 313 g/mol. The number of carbonyl (C=O) groups excluding carboxylic acids is 1. The van der Waals surface area contributed by atoms with Gasteiger partial charge in [0.05, 0.1) is 25.0 Å². The van der Waals surface area contributed by atoms with Gasteiger partial charge in [0.25, 0.3) is 6.43 Å². The summed E-state index contributed by atoms with van der Waals surface area (Å²) in [4.78, 5) is 18.2. The van der Waals surface area contributed by atoms with E-state index >= 15 is 0 Å². The van der Waals surface area contributed by atoms with E-state index in [0.717, 1.165) is 0 Å². The summed E-state index contributed by atoms with van der Waals surface area (Å²) < 4.78 is 29.7. The van der Waals surface area contributed by atoms with Gasteiger partial charge < -0.3 is 10.1 Å². The van der Waals surface area contributed by atoms with E-state index in [1.165, 1.54) is 7.11 Å². The molecule has 0 unspecified atom stereocenters. The van der Waals surface area contributed by atoms with Crippen LogP contribution < -0.4 is 10.1 Å². The highest BCUT2D eigenvalue weighted by Crippen LogP contribution is 2.22. The lowest BCUT2D eigenvalue weighted by atomic mass is 9.96. The van der Waals surface area contributed by atoms with Crippen LogP contribution in [-0.4, -0.2) is 49.0 Å². The Morgan fingerprint density at radius 3 is 2.68 bits per heavy atom. The second-order valence-corrected chi connectivity index (χ2v) is 5.44. The molecule has 1 aliphatic heterocycles. The fraction of sp³-hybridized carbons (Fsp3) is 0.600. The zero-order chi connectivity index (χ0) is 16.1. The lowest BCUT2D eigenvalue weighted by Crippen LogP contribution is -2.40. The van der Waals surface area contributed by atoms with Gasteiger partial charge in [0.15, 0.2) is 0 Å². The molecule has 0 bridgehead atoms. The number of hydrogen-bond acceptors (Lipinski definition) is 4. The van der Waals surface area contributed by atoms with Crippen molar-refractivity contribution in [2.24, 2.45) is 5.92 Å². The van der Waals surface area contributed by atoms with Gasteiger partial charge >= 0.3 is 0 Å². The molecule has 1 aromatic heterocycles. The Morgan fingerprint density at radius 2 is 2.14 bits per heavy atom. The van der Waals surface area contributed by atoms with Crippen LogP contribution in [-0.2, 0) is 4.79 Å². The van der Waals surface area contributed by atoms with E-state index in [4.69, 9.17) is 4.74 Å². The van der Waals surface area contributed by atoms with E-state index in [1.807, 2.05) is 0 Å². The number of methoxy groups -OCH3 is 1. The molecule has 1 aliphatic rings. The number of ether oxygens (including phenoxy) is 1. The molecule has 1 N–H and O–H groups in total. The number of hydrogen-bond donors (Lipinski definition) is 1. The fourth-order valence-corrected chi connectivity index (χ4v) is 2.59. The minimum Gasteiger partial charge on any atom is -0.481 e. The van der Waals surface area contributed by atoms with Crippen molar-refractivity contribution < 1.29 is 18.3 Å². The molecular formula is C15H21F2N3O2. The minimum absolute atomic E-state index is 0.0771. The second kappa shape index (κ2) is 7.49. The van der Waals surface area contributed by atoms with Crippen LogP contribution in [0.1, 0.15) is 18.5 Å². The predicted octanol–water partition coefficient (Wildman–Crippen LogP) is 2.31. The third-order valence-corrected chi connectivity index (χ3v) is 3.88. The highest BCUT2D eigenvalue weighted by Gasteiger charge is 2.26. The van der Waals surface area contributed by atoms with Crippen molar-refractivity contribution in [1.82, 2.24) is 9.88 Å². The van der Waals surface area contributed by atoms with Gasteiger partial charge in [0.2, 0.25) is 11.8 Å². The van der Waals surface area contributed by atoms with Gasteiger partial charge in [-0.2, -0.15) is 0 Å². The summed E-state index contributed by atoms with van der Waals surface area (Å²) in [5, 5.41) is 2.86. The number of piperidine rings is 1. The molecule has 2 heterocycles. The molecule has 1 fully saturated rings. The molecule has 122 valence electrons. The van der Waals surface area contributed by atoms with Gasteiger partial charge in [-0.15, -0.1) is 0 Å². The summed E-state index contributed by atoms with van der Waals surface area (Å²) >= 11 is 0. The Balaban J connectivity index is 1.88. The fourth-order valence-electron chi connectivity index (χ4n) is 2.59. The van der Waals surface area contributed by atoms with Crippen LogP contribution in [0.15, 0.2) is 12.1 Å². The molecule has 0 aliphatic carbocycles. The molecule has 5 nitrogen and oxygen atoms in total. The van der Waals surface area contributed by atoms with Gasteiger partial charge in [-0.25, -0.2) is 13.8 Å². The van der Waals surface area contributed by atoms with Gasteiger partial charge in [0.1, 0.15) is 0 Å². The van der Waals surface area contributed by atoms with Crippen molar-refractivity contribution >= 4 is 11.6 Å². The highest BCUT2D eigenvalue weighted by atomic mass is 19.3. The number of aromatic nitrogens is 1. The summed E-state index contributed by atoms with van der Waals surface area (Å²) in [5.74, 6) is 0.276. The molecule has 22 heavy (non-hydrogen) atoms. The number of amides is 1. The standard InChI is InChI=1S/C15H21F2N3O2/c1-10-12(3-4-14(18-10)22-2)19-15(21)11-5-7-20(8-6-11)9-13(16)17/h3-4,11,13H,5-9H2,1-2H3,(H,19,21).